The second-order valence-electron chi connectivity index (χ2n) is 2.23. The Labute approximate surface area is 63.8 Å². The predicted octanol–water partition coefficient (Wildman–Crippen LogP) is -1.64. The molecule has 0 spiro atoms. The maximum atomic E-state index is 9.04. The molecule has 4 nitrogen and oxygen atoms in total. The van der Waals surface area contributed by atoms with Gasteiger partial charge in [-0.25, -0.2) is 0 Å². The average Bonchev–Trinajstić information content (AvgIpc) is 2.17. The molecule has 1 unspecified atom stereocenters. The predicted molar refractivity (Wildman–Crippen MR) is 36.7 cm³/mol. The van der Waals surface area contributed by atoms with E-state index in [2.05, 4.69) is 12.6 Å². The summed E-state index contributed by atoms with van der Waals surface area (Å²) in [6, 6.07) is 0. The number of thiol groups is 1. The van der Waals surface area contributed by atoms with Crippen LogP contribution in [0.25, 0.3) is 0 Å². The lowest BCUT2D eigenvalue weighted by molar-refractivity contribution is -0.00794. The molecule has 4 atom stereocenters. The van der Waals surface area contributed by atoms with Gasteiger partial charge in [0.2, 0.25) is 0 Å². The van der Waals surface area contributed by atoms with Crippen molar-refractivity contribution in [3.05, 3.63) is 0 Å². The molecule has 1 saturated heterocycles. The van der Waals surface area contributed by atoms with Gasteiger partial charge in [0.1, 0.15) is 23.7 Å². The number of rotatable bonds is 1. The van der Waals surface area contributed by atoms with Crippen molar-refractivity contribution in [3.63, 3.8) is 0 Å². The van der Waals surface area contributed by atoms with Gasteiger partial charge in [0, 0.05) is 0 Å². The Morgan fingerprint density at radius 3 is 2.10 bits per heavy atom. The molecule has 0 radical (unpaired) electrons. The van der Waals surface area contributed by atoms with E-state index in [9.17, 15) is 0 Å². The van der Waals surface area contributed by atoms with Gasteiger partial charge in [-0.15, -0.1) is 12.6 Å². The Morgan fingerprint density at radius 1 is 1.30 bits per heavy atom. The Hall–Kier alpha value is 0.190. The van der Waals surface area contributed by atoms with Gasteiger partial charge >= 0.3 is 0 Å². The van der Waals surface area contributed by atoms with Crippen molar-refractivity contribution in [3.8, 4) is 0 Å². The third-order valence-electron chi connectivity index (χ3n) is 1.52. The van der Waals surface area contributed by atoms with E-state index in [1.54, 1.807) is 0 Å². The molecule has 0 aromatic carbocycles. The quantitative estimate of drug-likeness (QED) is 0.352. The van der Waals surface area contributed by atoms with Gasteiger partial charge in [0.15, 0.2) is 0 Å². The number of aliphatic hydroxyl groups is 3. The van der Waals surface area contributed by atoms with E-state index < -0.39 is 23.7 Å². The summed E-state index contributed by atoms with van der Waals surface area (Å²) in [6.07, 6.45) is -2.72. The zero-order chi connectivity index (χ0) is 7.72. The highest BCUT2D eigenvalue weighted by Gasteiger charge is 2.40. The smallest absolute Gasteiger partial charge is 0.129 e. The van der Waals surface area contributed by atoms with Crippen LogP contribution in [-0.4, -0.2) is 45.7 Å². The molecule has 10 heavy (non-hydrogen) atoms. The van der Waals surface area contributed by atoms with Crippen LogP contribution >= 0.6 is 12.6 Å². The van der Waals surface area contributed by atoms with E-state index >= 15 is 0 Å². The van der Waals surface area contributed by atoms with Crippen LogP contribution in [0.4, 0.5) is 0 Å². The SMILES string of the molecule is OC[C@H]1OC(S)[C@H](O)[C@H]1O. The van der Waals surface area contributed by atoms with Crippen LogP contribution in [0.5, 0.6) is 0 Å². The van der Waals surface area contributed by atoms with Crippen LogP contribution in [0.2, 0.25) is 0 Å². The van der Waals surface area contributed by atoms with E-state index in [1.165, 1.54) is 0 Å². The van der Waals surface area contributed by atoms with Crippen LogP contribution < -0.4 is 0 Å². The van der Waals surface area contributed by atoms with Crippen LogP contribution in [0, 0.1) is 0 Å². The van der Waals surface area contributed by atoms with Crippen molar-refractivity contribution in [2.24, 2.45) is 0 Å². The first-order valence-corrected chi connectivity index (χ1v) is 3.49. The second-order valence-corrected chi connectivity index (χ2v) is 2.74. The molecule has 0 aromatic rings. The Morgan fingerprint density at radius 2 is 1.90 bits per heavy atom. The lowest BCUT2D eigenvalue weighted by atomic mass is 10.2. The number of ether oxygens (including phenoxy) is 1. The summed E-state index contributed by atoms with van der Waals surface area (Å²) in [6.45, 7) is -0.296. The fraction of sp³-hybridized carbons (Fsp3) is 1.00. The van der Waals surface area contributed by atoms with Gasteiger partial charge in [-0.1, -0.05) is 0 Å². The zero-order valence-electron chi connectivity index (χ0n) is 5.21. The van der Waals surface area contributed by atoms with Crippen molar-refractivity contribution in [1.82, 2.24) is 0 Å². The monoisotopic (exact) mass is 166 g/mol. The highest BCUT2D eigenvalue weighted by Crippen LogP contribution is 2.22. The van der Waals surface area contributed by atoms with Crippen molar-refractivity contribution in [2.75, 3.05) is 6.61 Å². The lowest BCUT2D eigenvalue weighted by Crippen LogP contribution is -2.32. The summed E-state index contributed by atoms with van der Waals surface area (Å²) in [5, 5.41) is 26.6. The maximum Gasteiger partial charge on any atom is 0.129 e. The van der Waals surface area contributed by atoms with Crippen LogP contribution in [0.3, 0.4) is 0 Å². The minimum atomic E-state index is -1.02. The van der Waals surface area contributed by atoms with Crippen molar-refractivity contribution >= 4 is 12.6 Å². The molecule has 1 aliphatic heterocycles. The van der Waals surface area contributed by atoms with E-state index in [4.69, 9.17) is 20.1 Å². The van der Waals surface area contributed by atoms with E-state index in [0.717, 1.165) is 0 Å². The molecule has 1 heterocycles. The van der Waals surface area contributed by atoms with Crippen LogP contribution in [0.15, 0.2) is 0 Å². The summed E-state index contributed by atoms with van der Waals surface area (Å²) < 4.78 is 4.85. The standard InChI is InChI=1S/C5H10O4S/c6-1-2-3(7)4(8)5(10)9-2/h2-8,10H,1H2/t2-,3+,4-,5?/m1/s1. The molecule has 0 saturated carbocycles. The molecule has 3 N–H and O–H groups in total. The molecule has 1 aliphatic rings. The molecule has 60 valence electrons. The summed E-state index contributed by atoms with van der Waals surface area (Å²) in [5.41, 5.74) is -0.688. The molecule has 0 amide bonds. The highest BCUT2D eigenvalue weighted by molar-refractivity contribution is 7.80. The fourth-order valence-corrected chi connectivity index (χ4v) is 1.21. The third kappa shape index (κ3) is 1.28. The summed E-state index contributed by atoms with van der Waals surface area (Å²) in [5.74, 6) is 0. The van der Waals surface area contributed by atoms with E-state index in [-0.39, 0.29) is 6.61 Å². The van der Waals surface area contributed by atoms with Crippen LogP contribution in [-0.2, 0) is 4.74 Å². The largest absolute Gasteiger partial charge is 0.394 e. The van der Waals surface area contributed by atoms with Crippen molar-refractivity contribution in [1.29, 1.82) is 0 Å². The normalized spacial score (nSPS) is 48.0. The number of aliphatic hydroxyl groups excluding tert-OH is 3. The first kappa shape index (κ1) is 8.29. The summed E-state index contributed by atoms with van der Waals surface area (Å²) in [7, 11) is 0. The number of hydrogen-bond donors (Lipinski definition) is 4. The Bertz CT molecular complexity index is 120. The topological polar surface area (TPSA) is 69.9 Å². The van der Waals surface area contributed by atoms with Crippen molar-refractivity contribution in [2.45, 2.75) is 23.7 Å². The molecule has 1 rings (SSSR count). The van der Waals surface area contributed by atoms with Gasteiger partial charge in [-0.05, 0) is 0 Å². The molecule has 0 aliphatic carbocycles. The first-order valence-electron chi connectivity index (χ1n) is 2.97. The van der Waals surface area contributed by atoms with Crippen molar-refractivity contribution < 1.29 is 20.1 Å². The lowest BCUT2D eigenvalue weighted by Gasteiger charge is -2.09. The van der Waals surface area contributed by atoms with Gasteiger partial charge in [0.05, 0.1) is 6.61 Å². The molecular weight excluding hydrogens is 156 g/mol. The Balaban J connectivity index is 2.53. The van der Waals surface area contributed by atoms with Gasteiger partial charge in [0.25, 0.3) is 0 Å². The fourth-order valence-electron chi connectivity index (χ4n) is 0.880. The van der Waals surface area contributed by atoms with E-state index in [1.807, 2.05) is 0 Å². The second kappa shape index (κ2) is 3.06. The average molecular weight is 166 g/mol. The summed E-state index contributed by atoms with van der Waals surface area (Å²) in [4.78, 5) is 0. The summed E-state index contributed by atoms with van der Waals surface area (Å²) >= 11 is 3.82. The molecule has 0 aromatic heterocycles. The molecule has 0 bridgehead atoms. The van der Waals surface area contributed by atoms with Crippen LogP contribution in [0.1, 0.15) is 0 Å². The van der Waals surface area contributed by atoms with E-state index in [0.29, 0.717) is 0 Å². The van der Waals surface area contributed by atoms with Gasteiger partial charge < -0.3 is 20.1 Å². The minimum absolute atomic E-state index is 0.296. The molecule has 5 heteroatoms. The third-order valence-corrected chi connectivity index (χ3v) is 1.94. The zero-order valence-corrected chi connectivity index (χ0v) is 6.11. The Kier molecular flexibility index (Phi) is 2.54. The minimum Gasteiger partial charge on any atom is -0.394 e. The molecular formula is C5H10O4S. The first-order chi connectivity index (χ1) is 4.66. The number of hydrogen-bond acceptors (Lipinski definition) is 5. The highest BCUT2D eigenvalue weighted by atomic mass is 32.1. The molecule has 1 fully saturated rings. The van der Waals surface area contributed by atoms with Gasteiger partial charge in [-0.3, -0.25) is 0 Å². The maximum absolute atomic E-state index is 9.04. The van der Waals surface area contributed by atoms with Gasteiger partial charge in [-0.2, -0.15) is 0 Å².